The van der Waals surface area contributed by atoms with Crippen molar-refractivity contribution in [2.75, 3.05) is 13.2 Å². The van der Waals surface area contributed by atoms with Crippen molar-refractivity contribution in [2.45, 2.75) is 82.3 Å². The molecule has 0 bridgehead atoms. The van der Waals surface area contributed by atoms with E-state index in [9.17, 15) is 43.5 Å². The average Bonchev–Trinajstić information content (AvgIpc) is 2.83. The third-order valence-corrected chi connectivity index (χ3v) is 6.03. The zero-order valence-corrected chi connectivity index (χ0v) is 21.7. The highest BCUT2D eigenvalue weighted by Crippen LogP contribution is 2.20. The van der Waals surface area contributed by atoms with Crippen LogP contribution in [0, 0.1) is 0 Å². The summed E-state index contributed by atoms with van der Waals surface area (Å²) in [6, 6.07) is -4.11. The van der Waals surface area contributed by atoms with Crippen LogP contribution in [-0.2, 0) is 37.9 Å². The molecule has 0 fully saturated rings. The van der Waals surface area contributed by atoms with Gasteiger partial charge in [-0.05, 0) is 49.6 Å². The van der Waals surface area contributed by atoms with E-state index in [-0.39, 0.29) is 45.1 Å². The molecule has 0 rings (SSSR count). The number of carbonyl (C=O) groups excluding carboxylic acids is 2. The van der Waals surface area contributed by atoms with E-state index < -0.39 is 68.4 Å². The number of hydrogen-bond acceptors (Lipinski definition) is 9. The molecular weight excluding hydrogens is 531 g/mol. The Labute approximate surface area is 219 Å². The monoisotopic (exact) mass is 567 g/mol. The van der Waals surface area contributed by atoms with Crippen molar-refractivity contribution in [3.8, 4) is 0 Å². The third-order valence-electron chi connectivity index (χ3n) is 5.09. The van der Waals surface area contributed by atoms with Gasteiger partial charge in [-0.3, -0.25) is 19.2 Å². The minimum atomic E-state index is -2.68. The summed E-state index contributed by atoms with van der Waals surface area (Å²) in [5.74, 6) is -6.59. The molecule has 38 heavy (non-hydrogen) atoms. The molecule has 216 valence electrons. The number of nitrogens with one attached hydrogen (secondary N) is 3. The number of amides is 2. The number of aliphatic carboxylic acids is 4. The fraction of sp³-hybridized carbons (Fsp3) is 0.714. The molecule has 4 atom stereocenters. The summed E-state index contributed by atoms with van der Waals surface area (Å²) in [6.07, 6.45) is 0.533. The molecule has 4 unspecified atom stereocenters. The molecule has 0 aliphatic carbocycles. The molecule has 0 radical (unpaired) electrons. The van der Waals surface area contributed by atoms with E-state index in [1.54, 1.807) is 0 Å². The van der Waals surface area contributed by atoms with Gasteiger partial charge in [-0.1, -0.05) is 11.5 Å². The first kappa shape index (κ1) is 34.8. The summed E-state index contributed by atoms with van der Waals surface area (Å²) in [5.41, 5.74) is 5.37. The molecular formula is C21H36N4O12P+. The molecule has 0 saturated heterocycles. The molecule has 16 nitrogen and oxygen atoms in total. The number of hydrogen-bond donors (Lipinski definition) is 8. The number of rotatable bonds is 23. The first-order valence-corrected chi connectivity index (χ1v) is 13.1. The van der Waals surface area contributed by atoms with Gasteiger partial charge in [0.05, 0.1) is 0 Å². The van der Waals surface area contributed by atoms with Crippen LogP contribution in [0.1, 0.15) is 64.2 Å². The van der Waals surface area contributed by atoms with E-state index in [1.807, 2.05) is 0 Å². The molecule has 17 heteroatoms. The Morgan fingerprint density at radius 2 is 1.21 bits per heavy atom. The SMILES string of the molecule is NCCCCCC(=O)NC(CCC(=O)NC(CCCO[P+](=O)NC(CCC(=O)O)C(=O)O)C(=O)O)C(=O)O. The first-order valence-electron chi connectivity index (χ1n) is 11.9. The summed E-state index contributed by atoms with van der Waals surface area (Å²) in [5, 5.41) is 43.0. The van der Waals surface area contributed by atoms with Gasteiger partial charge in [0.1, 0.15) is 18.7 Å². The van der Waals surface area contributed by atoms with Crippen LogP contribution in [0.2, 0.25) is 0 Å². The molecule has 0 saturated carbocycles. The predicted molar refractivity (Wildman–Crippen MR) is 130 cm³/mol. The second-order valence-electron chi connectivity index (χ2n) is 8.24. The van der Waals surface area contributed by atoms with E-state index in [1.165, 1.54) is 0 Å². The van der Waals surface area contributed by atoms with Crippen molar-refractivity contribution in [1.82, 2.24) is 15.7 Å². The number of carboxylic acid groups (broad SMARTS) is 4. The van der Waals surface area contributed by atoms with Gasteiger partial charge in [-0.25, -0.2) is 9.59 Å². The first-order chi connectivity index (χ1) is 17.9. The van der Waals surface area contributed by atoms with Crippen LogP contribution in [0.4, 0.5) is 0 Å². The quantitative estimate of drug-likeness (QED) is 0.0586. The number of nitrogens with two attached hydrogens (primary N) is 1. The average molecular weight is 568 g/mol. The van der Waals surface area contributed by atoms with Crippen LogP contribution >= 0.6 is 8.18 Å². The maximum atomic E-state index is 12.2. The summed E-state index contributed by atoms with van der Waals surface area (Å²) in [7, 11) is -2.68. The Balaban J connectivity index is 4.53. The van der Waals surface area contributed by atoms with Gasteiger partial charge in [0, 0.05) is 19.3 Å². The van der Waals surface area contributed by atoms with Crippen LogP contribution in [-0.4, -0.2) is 87.4 Å². The predicted octanol–water partition coefficient (Wildman–Crippen LogP) is -0.214. The van der Waals surface area contributed by atoms with Crippen LogP contribution < -0.4 is 21.5 Å². The van der Waals surface area contributed by atoms with E-state index >= 15 is 0 Å². The van der Waals surface area contributed by atoms with Crippen molar-refractivity contribution >= 4 is 43.9 Å². The molecule has 0 aromatic carbocycles. The topological polar surface area (TPSA) is 272 Å². The van der Waals surface area contributed by atoms with Gasteiger partial charge in [-0.15, -0.1) is 4.52 Å². The molecule has 2 amide bonds. The molecule has 9 N–H and O–H groups in total. The summed E-state index contributed by atoms with van der Waals surface area (Å²) >= 11 is 0. The highest BCUT2D eigenvalue weighted by atomic mass is 31.1. The summed E-state index contributed by atoms with van der Waals surface area (Å²) in [6.45, 7) is 0.227. The minimum absolute atomic E-state index is 0.00479. The third kappa shape index (κ3) is 17.3. The highest BCUT2D eigenvalue weighted by molar-refractivity contribution is 7.36. The van der Waals surface area contributed by atoms with Crippen molar-refractivity contribution in [1.29, 1.82) is 0 Å². The van der Waals surface area contributed by atoms with Crippen molar-refractivity contribution in [3.63, 3.8) is 0 Å². The Hall–Kier alpha value is -3.20. The Morgan fingerprint density at radius 3 is 1.74 bits per heavy atom. The molecule has 0 aromatic rings. The maximum absolute atomic E-state index is 12.2. The minimum Gasteiger partial charge on any atom is -0.481 e. The fourth-order valence-electron chi connectivity index (χ4n) is 3.04. The number of carbonyl (C=O) groups is 6. The van der Waals surface area contributed by atoms with Crippen molar-refractivity contribution in [3.05, 3.63) is 0 Å². The van der Waals surface area contributed by atoms with Crippen molar-refractivity contribution in [2.24, 2.45) is 5.73 Å². The lowest BCUT2D eigenvalue weighted by molar-refractivity contribution is -0.143. The number of carboxylic acids is 4. The molecule has 0 aliphatic heterocycles. The van der Waals surface area contributed by atoms with Crippen molar-refractivity contribution < 1.29 is 58.3 Å². The fourth-order valence-corrected chi connectivity index (χ4v) is 3.90. The normalized spacial score (nSPS) is 13.6. The molecule has 0 spiro atoms. The van der Waals surface area contributed by atoms with Crippen LogP contribution in [0.5, 0.6) is 0 Å². The Morgan fingerprint density at radius 1 is 0.684 bits per heavy atom. The number of unbranched alkanes of at least 4 members (excludes halogenated alkanes) is 2. The lowest BCUT2D eigenvalue weighted by Crippen LogP contribution is -2.44. The molecule has 0 aromatic heterocycles. The Bertz CT molecular complexity index is 841. The largest absolute Gasteiger partial charge is 0.613 e. The maximum Gasteiger partial charge on any atom is 0.613 e. The van der Waals surface area contributed by atoms with Crippen LogP contribution in [0.25, 0.3) is 0 Å². The second-order valence-corrected chi connectivity index (χ2v) is 9.27. The van der Waals surface area contributed by atoms with E-state index in [0.717, 1.165) is 6.42 Å². The smallest absolute Gasteiger partial charge is 0.481 e. The second kappa shape index (κ2) is 19.9. The van der Waals surface area contributed by atoms with E-state index in [4.69, 9.17) is 20.5 Å². The van der Waals surface area contributed by atoms with Crippen LogP contribution in [0.3, 0.4) is 0 Å². The lowest BCUT2D eigenvalue weighted by atomic mass is 10.1. The van der Waals surface area contributed by atoms with Crippen LogP contribution in [0.15, 0.2) is 0 Å². The molecule has 0 heterocycles. The van der Waals surface area contributed by atoms with E-state index in [2.05, 4.69) is 15.7 Å². The van der Waals surface area contributed by atoms with Gasteiger partial charge in [0.15, 0.2) is 6.04 Å². The summed E-state index contributed by atoms with van der Waals surface area (Å²) < 4.78 is 16.8. The zero-order valence-electron chi connectivity index (χ0n) is 20.8. The summed E-state index contributed by atoms with van der Waals surface area (Å²) in [4.78, 5) is 68.6. The highest BCUT2D eigenvalue weighted by Gasteiger charge is 2.30. The van der Waals surface area contributed by atoms with Gasteiger partial charge < -0.3 is 36.8 Å². The molecule has 0 aliphatic rings. The van der Waals surface area contributed by atoms with E-state index in [0.29, 0.717) is 19.4 Å². The van der Waals surface area contributed by atoms with Gasteiger partial charge in [-0.2, -0.15) is 0 Å². The lowest BCUT2D eigenvalue weighted by Gasteiger charge is -2.16. The standard InChI is InChI=1S/C21H35N4O12P/c22-11-3-1-2-6-16(26)24-14(20(32)33)7-9-17(27)23-13(19(30)31)5-4-12-37-38(36)25-15(21(34)35)8-10-18(28)29/h13-15H,1-12,22H2,(H6-,23,24,25,26,27,28,29,30,31,32,33,34,35,36)/p+1. The van der Waals surface area contributed by atoms with Gasteiger partial charge in [0.2, 0.25) is 11.8 Å². The zero-order chi connectivity index (χ0) is 29.1. The van der Waals surface area contributed by atoms with Gasteiger partial charge in [0.25, 0.3) is 0 Å². The Kier molecular flexibility index (Phi) is 18.2. The van der Waals surface area contributed by atoms with Gasteiger partial charge >= 0.3 is 32.1 Å².